The van der Waals surface area contributed by atoms with E-state index in [1.807, 2.05) is 0 Å². The molecule has 2 rings (SSSR count). The van der Waals surface area contributed by atoms with Crippen LogP contribution < -0.4 is 11.1 Å². The quantitative estimate of drug-likeness (QED) is 0.689. The number of hydrogen-bond donors (Lipinski definition) is 2. The van der Waals surface area contributed by atoms with E-state index in [2.05, 4.69) is 15.0 Å². The molecule has 70 valence electrons. The van der Waals surface area contributed by atoms with Gasteiger partial charge in [0.25, 0.3) is 0 Å². The molecule has 0 radical (unpaired) electrons. The van der Waals surface area contributed by atoms with Gasteiger partial charge < -0.3 is 15.6 Å². The number of anilines is 1. The predicted molar refractivity (Wildman–Crippen MR) is 45.8 cm³/mol. The third-order valence-electron chi connectivity index (χ3n) is 2.23. The number of carbonyl (C=O) groups excluding carboxylic acids is 1. The lowest BCUT2D eigenvalue weighted by atomic mass is 9.80. The molecule has 1 aromatic rings. The fraction of sp³-hybridized carbons (Fsp3) is 0.500. The highest BCUT2D eigenvalue weighted by atomic mass is 16.5. The number of nitrogens with zero attached hydrogens (tertiary/aromatic N) is 1. The van der Waals surface area contributed by atoms with Crippen LogP contribution in [-0.2, 0) is 4.79 Å². The Hall–Kier alpha value is -1.36. The predicted octanol–water partition coefficient (Wildman–Crippen LogP) is 0.350. The first-order valence-electron chi connectivity index (χ1n) is 4.22. The van der Waals surface area contributed by atoms with E-state index in [0.29, 0.717) is 5.82 Å². The molecule has 5 nitrogen and oxygen atoms in total. The minimum Gasteiger partial charge on any atom is -0.363 e. The van der Waals surface area contributed by atoms with Crippen molar-refractivity contribution in [2.45, 2.75) is 18.9 Å². The smallest absolute Gasteiger partial charge is 0.228 e. The third-order valence-corrected chi connectivity index (χ3v) is 2.23. The number of nitrogens with one attached hydrogen (secondary N) is 1. The van der Waals surface area contributed by atoms with Crippen molar-refractivity contribution < 1.29 is 9.32 Å². The van der Waals surface area contributed by atoms with Crippen LogP contribution in [0.5, 0.6) is 0 Å². The molecule has 13 heavy (non-hydrogen) atoms. The third kappa shape index (κ3) is 1.70. The first-order chi connectivity index (χ1) is 6.25. The molecule has 0 unspecified atom stereocenters. The molecule has 0 spiro atoms. The van der Waals surface area contributed by atoms with Crippen molar-refractivity contribution in [3.05, 3.63) is 12.3 Å². The van der Waals surface area contributed by atoms with Gasteiger partial charge in [0, 0.05) is 18.0 Å². The number of rotatable bonds is 2. The molecule has 3 N–H and O–H groups in total. The van der Waals surface area contributed by atoms with Gasteiger partial charge in [-0.15, -0.1) is 0 Å². The van der Waals surface area contributed by atoms with Crippen LogP contribution in [0.15, 0.2) is 16.9 Å². The molecule has 1 aliphatic rings. The average Bonchev–Trinajstić information content (AvgIpc) is 2.51. The van der Waals surface area contributed by atoms with E-state index in [-0.39, 0.29) is 17.9 Å². The normalized spacial score (nSPS) is 26.5. The molecule has 1 amide bonds. The van der Waals surface area contributed by atoms with E-state index in [9.17, 15) is 4.79 Å². The van der Waals surface area contributed by atoms with Crippen molar-refractivity contribution in [3.8, 4) is 0 Å². The molecule has 1 aliphatic carbocycles. The average molecular weight is 181 g/mol. The summed E-state index contributed by atoms with van der Waals surface area (Å²) in [6.45, 7) is 0. The summed E-state index contributed by atoms with van der Waals surface area (Å²) in [5, 5.41) is 6.22. The van der Waals surface area contributed by atoms with Crippen molar-refractivity contribution >= 4 is 11.7 Å². The molecule has 1 heterocycles. The van der Waals surface area contributed by atoms with Crippen molar-refractivity contribution in [2.75, 3.05) is 5.32 Å². The molecule has 0 saturated heterocycles. The van der Waals surface area contributed by atoms with Gasteiger partial charge in [-0.25, -0.2) is 0 Å². The highest BCUT2D eigenvalue weighted by Crippen LogP contribution is 2.26. The zero-order valence-electron chi connectivity index (χ0n) is 7.06. The van der Waals surface area contributed by atoms with Gasteiger partial charge in [0.2, 0.25) is 5.91 Å². The highest BCUT2D eigenvalue weighted by Gasteiger charge is 2.32. The second-order valence-corrected chi connectivity index (χ2v) is 3.30. The Morgan fingerprint density at radius 2 is 2.46 bits per heavy atom. The first kappa shape index (κ1) is 8.25. The first-order valence-corrected chi connectivity index (χ1v) is 4.22. The molecule has 5 heteroatoms. The molecule has 0 bridgehead atoms. The van der Waals surface area contributed by atoms with Crippen LogP contribution in [-0.4, -0.2) is 17.1 Å². The molecular formula is C8H11N3O2. The summed E-state index contributed by atoms with van der Waals surface area (Å²) >= 11 is 0. The maximum atomic E-state index is 11.4. The molecule has 0 atom stereocenters. The van der Waals surface area contributed by atoms with Gasteiger partial charge in [0.1, 0.15) is 6.26 Å². The van der Waals surface area contributed by atoms with Gasteiger partial charge in [-0.3, -0.25) is 4.79 Å². The lowest BCUT2D eigenvalue weighted by Crippen LogP contribution is -2.42. The Balaban J connectivity index is 1.86. The SMILES string of the molecule is NC1CC(C(=O)Nc2ccon2)C1. The summed E-state index contributed by atoms with van der Waals surface area (Å²) in [6, 6.07) is 1.80. The van der Waals surface area contributed by atoms with Gasteiger partial charge in [-0.1, -0.05) is 5.16 Å². The maximum Gasteiger partial charge on any atom is 0.228 e. The van der Waals surface area contributed by atoms with Crippen LogP contribution in [0.3, 0.4) is 0 Å². The van der Waals surface area contributed by atoms with Gasteiger partial charge >= 0.3 is 0 Å². The maximum absolute atomic E-state index is 11.4. The Morgan fingerprint density at radius 3 is 3.00 bits per heavy atom. The molecular weight excluding hydrogens is 170 g/mol. The zero-order valence-corrected chi connectivity index (χ0v) is 7.06. The van der Waals surface area contributed by atoms with E-state index in [4.69, 9.17) is 5.73 Å². The fourth-order valence-corrected chi connectivity index (χ4v) is 1.38. The largest absolute Gasteiger partial charge is 0.363 e. The molecule has 1 saturated carbocycles. The lowest BCUT2D eigenvalue weighted by Gasteiger charge is -2.30. The van der Waals surface area contributed by atoms with E-state index in [0.717, 1.165) is 12.8 Å². The summed E-state index contributed by atoms with van der Waals surface area (Å²) in [4.78, 5) is 11.4. The monoisotopic (exact) mass is 181 g/mol. The Morgan fingerprint density at radius 1 is 1.69 bits per heavy atom. The van der Waals surface area contributed by atoms with Gasteiger partial charge in [-0.05, 0) is 12.8 Å². The zero-order chi connectivity index (χ0) is 9.26. The van der Waals surface area contributed by atoms with E-state index in [1.54, 1.807) is 6.07 Å². The van der Waals surface area contributed by atoms with Crippen LogP contribution in [0.25, 0.3) is 0 Å². The highest BCUT2D eigenvalue weighted by molar-refractivity contribution is 5.92. The standard InChI is InChI=1S/C8H11N3O2/c9-6-3-5(4-6)8(12)10-7-1-2-13-11-7/h1-2,5-6H,3-4,9H2,(H,10,11,12). The summed E-state index contributed by atoms with van der Waals surface area (Å²) < 4.78 is 4.58. The van der Waals surface area contributed by atoms with Gasteiger partial charge in [0.05, 0.1) is 0 Å². The van der Waals surface area contributed by atoms with Gasteiger partial charge in [0.15, 0.2) is 5.82 Å². The molecule has 0 aromatic carbocycles. The second kappa shape index (κ2) is 3.18. The molecule has 0 aliphatic heterocycles. The van der Waals surface area contributed by atoms with E-state index >= 15 is 0 Å². The number of nitrogens with two attached hydrogens (primary N) is 1. The van der Waals surface area contributed by atoms with Crippen molar-refractivity contribution in [2.24, 2.45) is 11.7 Å². The van der Waals surface area contributed by atoms with Crippen LogP contribution >= 0.6 is 0 Å². The molecule has 1 fully saturated rings. The van der Waals surface area contributed by atoms with Crippen LogP contribution in [0.4, 0.5) is 5.82 Å². The summed E-state index contributed by atoms with van der Waals surface area (Å²) in [6.07, 6.45) is 2.95. The van der Waals surface area contributed by atoms with E-state index < -0.39 is 0 Å². The number of hydrogen-bond acceptors (Lipinski definition) is 4. The Kier molecular flexibility index (Phi) is 2.02. The Bertz CT molecular complexity index is 290. The van der Waals surface area contributed by atoms with Crippen LogP contribution in [0, 0.1) is 5.92 Å². The van der Waals surface area contributed by atoms with Crippen LogP contribution in [0.2, 0.25) is 0 Å². The van der Waals surface area contributed by atoms with Crippen molar-refractivity contribution in [1.29, 1.82) is 0 Å². The van der Waals surface area contributed by atoms with Gasteiger partial charge in [-0.2, -0.15) is 0 Å². The fourth-order valence-electron chi connectivity index (χ4n) is 1.38. The Labute approximate surface area is 75.3 Å². The van der Waals surface area contributed by atoms with Crippen LogP contribution in [0.1, 0.15) is 12.8 Å². The summed E-state index contributed by atoms with van der Waals surface area (Å²) in [5.74, 6) is 0.493. The molecule has 1 aromatic heterocycles. The summed E-state index contributed by atoms with van der Waals surface area (Å²) in [7, 11) is 0. The number of amides is 1. The van der Waals surface area contributed by atoms with Crippen molar-refractivity contribution in [3.63, 3.8) is 0 Å². The topological polar surface area (TPSA) is 81.2 Å². The minimum absolute atomic E-state index is 0.0180. The minimum atomic E-state index is -0.0180. The number of aromatic nitrogens is 1. The van der Waals surface area contributed by atoms with Crippen molar-refractivity contribution in [1.82, 2.24) is 5.16 Å². The summed E-state index contributed by atoms with van der Waals surface area (Å²) in [5.41, 5.74) is 5.57. The number of carbonyl (C=O) groups is 1. The lowest BCUT2D eigenvalue weighted by molar-refractivity contribution is -0.122. The van der Waals surface area contributed by atoms with E-state index in [1.165, 1.54) is 6.26 Å². The second-order valence-electron chi connectivity index (χ2n) is 3.30.